The summed E-state index contributed by atoms with van der Waals surface area (Å²) in [6.45, 7) is 2.16. The summed E-state index contributed by atoms with van der Waals surface area (Å²) in [7, 11) is -3.99. The van der Waals surface area contributed by atoms with Crippen LogP contribution in [0, 0.1) is 0 Å². The normalized spacial score (nSPS) is 19.7. The molecule has 6 N–H and O–H groups in total. The van der Waals surface area contributed by atoms with Crippen LogP contribution in [-0.4, -0.2) is 86.9 Å². The van der Waals surface area contributed by atoms with Crippen LogP contribution < -0.4 is 21.5 Å². The molecule has 2 aromatic carbocycles. The number of hydrogen-bond donors (Lipinski definition) is 4. The Morgan fingerprint density at radius 1 is 1.07 bits per heavy atom. The van der Waals surface area contributed by atoms with Gasteiger partial charge in [0, 0.05) is 50.2 Å². The number of benzene rings is 2. The number of carbonyl (C=O) groups is 3. The number of rotatable bonds is 12. The molecule has 43 heavy (non-hydrogen) atoms. The molecule has 2 heterocycles. The van der Waals surface area contributed by atoms with E-state index in [0.717, 1.165) is 11.1 Å². The third-order valence-corrected chi connectivity index (χ3v) is 9.18. The number of ether oxygens (including phenoxy) is 1. The fraction of sp³-hybridized carbons (Fsp3) is 0.483. The maximum absolute atomic E-state index is 13.9. The smallest absolute Gasteiger partial charge is 0.243 e. The monoisotopic (exact) mass is 634 g/mol. The number of morpholine rings is 1. The first-order chi connectivity index (χ1) is 20.6. The summed E-state index contributed by atoms with van der Waals surface area (Å²) in [5, 5.41) is 3.35. The van der Waals surface area contributed by atoms with E-state index < -0.39 is 40.0 Å². The van der Waals surface area contributed by atoms with Crippen molar-refractivity contribution < 1.29 is 27.5 Å². The Hall–Kier alpha value is -3.07. The molecule has 2 aromatic rings. The second-order valence-corrected chi connectivity index (χ2v) is 13.0. The molecule has 2 fully saturated rings. The van der Waals surface area contributed by atoms with Crippen LogP contribution in [0.1, 0.15) is 36.0 Å². The van der Waals surface area contributed by atoms with Crippen molar-refractivity contribution in [1.29, 1.82) is 0 Å². The molecule has 3 atom stereocenters. The van der Waals surface area contributed by atoms with Crippen LogP contribution in [0.25, 0.3) is 0 Å². The summed E-state index contributed by atoms with van der Waals surface area (Å²) < 4.78 is 34.2. The van der Waals surface area contributed by atoms with Gasteiger partial charge >= 0.3 is 0 Å². The van der Waals surface area contributed by atoms with Crippen LogP contribution >= 0.6 is 11.6 Å². The number of carbonyl (C=O) groups excluding carboxylic acids is 3. The van der Waals surface area contributed by atoms with Gasteiger partial charge in [0.15, 0.2) is 0 Å². The summed E-state index contributed by atoms with van der Waals surface area (Å²) in [6, 6.07) is 11.1. The van der Waals surface area contributed by atoms with Gasteiger partial charge in [0.05, 0.1) is 19.0 Å². The number of nitrogens with zero attached hydrogens (tertiary/aromatic N) is 2. The highest BCUT2D eigenvalue weighted by Gasteiger charge is 2.41. The molecule has 2 aliphatic rings. The van der Waals surface area contributed by atoms with Gasteiger partial charge in [-0.2, -0.15) is 0 Å². The number of nitrogens with two attached hydrogens (primary N) is 2. The molecule has 0 aromatic heterocycles. The lowest BCUT2D eigenvalue weighted by Crippen LogP contribution is -2.54. The van der Waals surface area contributed by atoms with Crippen LogP contribution in [0.4, 0.5) is 0 Å². The second-order valence-electron chi connectivity index (χ2n) is 10.8. The minimum atomic E-state index is -3.99. The van der Waals surface area contributed by atoms with Crippen molar-refractivity contribution in [3.63, 3.8) is 0 Å². The van der Waals surface area contributed by atoms with Gasteiger partial charge in [-0.1, -0.05) is 48.0 Å². The molecule has 234 valence electrons. The maximum Gasteiger partial charge on any atom is 0.243 e. The molecule has 2 saturated heterocycles. The zero-order valence-electron chi connectivity index (χ0n) is 23.9. The lowest BCUT2D eigenvalue weighted by Gasteiger charge is -2.30. The topological polar surface area (TPSA) is 177 Å². The van der Waals surface area contributed by atoms with Gasteiger partial charge in [-0.05, 0) is 41.7 Å². The number of hydrogen-bond acceptors (Lipinski definition) is 8. The number of halogens is 1. The highest BCUT2D eigenvalue weighted by molar-refractivity contribution is 7.88. The summed E-state index contributed by atoms with van der Waals surface area (Å²) in [5.74, 6) is -1.58. The summed E-state index contributed by atoms with van der Waals surface area (Å²) >= 11 is 6.13. The average Bonchev–Trinajstić information content (AvgIpc) is 3.39. The van der Waals surface area contributed by atoms with Crippen molar-refractivity contribution in [3.05, 3.63) is 70.2 Å². The van der Waals surface area contributed by atoms with Crippen molar-refractivity contribution in [2.75, 3.05) is 32.8 Å². The number of nitrogens with one attached hydrogen (secondary N) is 2. The van der Waals surface area contributed by atoms with Gasteiger partial charge in [0.2, 0.25) is 27.7 Å². The average molecular weight is 635 g/mol. The Morgan fingerprint density at radius 2 is 1.79 bits per heavy atom. The molecule has 0 spiro atoms. The van der Waals surface area contributed by atoms with E-state index in [4.69, 9.17) is 27.8 Å². The minimum absolute atomic E-state index is 0.0579. The van der Waals surface area contributed by atoms with Crippen molar-refractivity contribution in [2.24, 2.45) is 11.5 Å². The number of amides is 3. The predicted octanol–water partition coefficient (Wildman–Crippen LogP) is 0.470. The largest absolute Gasteiger partial charge is 0.378 e. The van der Waals surface area contributed by atoms with Gasteiger partial charge in [0.1, 0.15) is 12.1 Å². The molecule has 12 nitrogen and oxygen atoms in total. The zero-order chi connectivity index (χ0) is 31.0. The first-order valence-corrected chi connectivity index (χ1v) is 16.3. The van der Waals surface area contributed by atoms with E-state index in [1.807, 2.05) is 0 Å². The Kier molecular flexibility index (Phi) is 11.5. The van der Waals surface area contributed by atoms with E-state index in [0.29, 0.717) is 36.9 Å². The van der Waals surface area contributed by atoms with E-state index in [9.17, 15) is 22.8 Å². The van der Waals surface area contributed by atoms with Crippen molar-refractivity contribution >= 4 is 39.3 Å². The third kappa shape index (κ3) is 9.21. The fourth-order valence-corrected chi connectivity index (χ4v) is 6.90. The van der Waals surface area contributed by atoms with Crippen LogP contribution in [0.15, 0.2) is 48.5 Å². The van der Waals surface area contributed by atoms with Gasteiger partial charge < -0.3 is 31.3 Å². The number of sulfonamides is 1. The Labute approximate surface area is 257 Å². The Bertz CT molecular complexity index is 1390. The maximum atomic E-state index is 13.9. The molecule has 0 saturated carbocycles. The molecule has 4 rings (SSSR count). The van der Waals surface area contributed by atoms with E-state index in [-0.39, 0.29) is 50.6 Å². The van der Waals surface area contributed by atoms with Gasteiger partial charge in [-0.25, -0.2) is 13.1 Å². The standard InChI is InChI=1S/C29H39ClN6O6S/c30-23-7-6-21(16-31)22(14-23)17-33-28(38)26-15-24(32)18-36(26)29(39)25(8-9-27(37)35-10-12-42-13-11-35)34-43(40,41)19-20-4-2-1-3-5-20/h1-7,14,24-26,34H,8-13,15-19,31-32H2,(H,33,38). The molecule has 0 aliphatic carbocycles. The van der Waals surface area contributed by atoms with Crippen molar-refractivity contribution in [3.8, 4) is 0 Å². The first-order valence-electron chi connectivity index (χ1n) is 14.3. The molecule has 0 bridgehead atoms. The van der Waals surface area contributed by atoms with Gasteiger partial charge in [-0.15, -0.1) is 0 Å². The van der Waals surface area contributed by atoms with E-state index >= 15 is 0 Å². The highest BCUT2D eigenvalue weighted by Crippen LogP contribution is 2.22. The number of likely N-dealkylation sites (tertiary alicyclic amines) is 1. The third-order valence-electron chi connectivity index (χ3n) is 7.59. The summed E-state index contributed by atoms with van der Waals surface area (Å²) in [6.07, 6.45) is 0.0657. The van der Waals surface area contributed by atoms with Crippen molar-refractivity contribution in [2.45, 2.75) is 56.2 Å². The van der Waals surface area contributed by atoms with E-state index in [2.05, 4.69) is 10.0 Å². The first kappa shape index (κ1) is 32.8. The Morgan fingerprint density at radius 3 is 2.49 bits per heavy atom. The lowest BCUT2D eigenvalue weighted by molar-refractivity contribution is -0.140. The van der Waals surface area contributed by atoms with Crippen LogP contribution in [0.5, 0.6) is 0 Å². The molecule has 0 radical (unpaired) electrons. The minimum Gasteiger partial charge on any atom is -0.378 e. The van der Waals surface area contributed by atoms with E-state index in [1.165, 1.54) is 4.90 Å². The highest BCUT2D eigenvalue weighted by atomic mass is 35.5. The quantitative estimate of drug-likeness (QED) is 0.260. The summed E-state index contributed by atoms with van der Waals surface area (Å²) in [5.41, 5.74) is 14.1. The molecule has 3 unspecified atom stereocenters. The molecule has 3 amide bonds. The SMILES string of the molecule is NCc1ccc(Cl)cc1CNC(=O)C1CC(N)CN1C(=O)C(CCC(=O)N1CCOCC1)NS(=O)(=O)Cc1ccccc1. The molecule has 2 aliphatic heterocycles. The lowest BCUT2D eigenvalue weighted by atomic mass is 10.1. The second kappa shape index (κ2) is 15.1. The molecular weight excluding hydrogens is 596 g/mol. The fourth-order valence-electron chi connectivity index (χ4n) is 5.34. The van der Waals surface area contributed by atoms with Crippen molar-refractivity contribution in [1.82, 2.24) is 19.8 Å². The van der Waals surface area contributed by atoms with Gasteiger partial charge in [-0.3, -0.25) is 14.4 Å². The predicted molar refractivity (Wildman–Crippen MR) is 162 cm³/mol. The van der Waals surface area contributed by atoms with Crippen LogP contribution in [0.3, 0.4) is 0 Å². The Balaban J connectivity index is 1.49. The molecular formula is C29H39ClN6O6S. The van der Waals surface area contributed by atoms with Crippen LogP contribution in [0.2, 0.25) is 5.02 Å². The van der Waals surface area contributed by atoms with E-state index in [1.54, 1.807) is 53.4 Å². The molecule has 14 heteroatoms. The zero-order valence-corrected chi connectivity index (χ0v) is 25.5. The van der Waals surface area contributed by atoms with Gasteiger partial charge in [0.25, 0.3) is 0 Å². The summed E-state index contributed by atoms with van der Waals surface area (Å²) in [4.78, 5) is 43.1. The van der Waals surface area contributed by atoms with Crippen LogP contribution in [-0.2, 0) is 48.0 Å².